The van der Waals surface area contributed by atoms with Gasteiger partial charge in [0.2, 0.25) is 0 Å². The summed E-state index contributed by atoms with van der Waals surface area (Å²) >= 11 is 0. The number of aliphatic hydroxyl groups excluding tert-OH is 1. The first-order valence-electron chi connectivity index (χ1n) is 7.41. The number of nitrogens with zero attached hydrogens (tertiary/aromatic N) is 3. The van der Waals surface area contributed by atoms with Crippen LogP contribution in [0.5, 0.6) is 0 Å². The fraction of sp³-hybridized carbons (Fsp3) is 0.786. The van der Waals surface area contributed by atoms with E-state index >= 15 is 0 Å². The Kier molecular flexibility index (Phi) is 5.82. The van der Waals surface area contributed by atoms with Crippen molar-refractivity contribution in [3.8, 4) is 0 Å². The highest BCUT2D eigenvalue weighted by Crippen LogP contribution is 2.09. The van der Waals surface area contributed by atoms with Crippen LogP contribution < -0.4 is 5.32 Å². The predicted molar refractivity (Wildman–Crippen MR) is 75.9 cm³/mol. The quantitative estimate of drug-likeness (QED) is 0.718. The van der Waals surface area contributed by atoms with Crippen LogP contribution in [-0.4, -0.2) is 52.1 Å². The van der Waals surface area contributed by atoms with Gasteiger partial charge in [-0.25, -0.2) is 0 Å². The third kappa shape index (κ3) is 4.93. The van der Waals surface area contributed by atoms with Crippen LogP contribution >= 0.6 is 0 Å². The van der Waals surface area contributed by atoms with E-state index in [0.29, 0.717) is 0 Å². The summed E-state index contributed by atoms with van der Waals surface area (Å²) in [6.45, 7) is 7.93. The number of β-amino-alcohol motifs (C(OH)–C–C–N with tert-alkyl or cyclic N) is 1. The Morgan fingerprint density at radius 1 is 1.53 bits per heavy atom. The van der Waals surface area contributed by atoms with Crippen LogP contribution in [0.25, 0.3) is 0 Å². The first-order chi connectivity index (χ1) is 9.28. The Morgan fingerprint density at radius 3 is 3.16 bits per heavy atom. The van der Waals surface area contributed by atoms with Crippen molar-refractivity contribution in [3.63, 3.8) is 0 Å². The third-order valence-corrected chi connectivity index (χ3v) is 3.63. The molecule has 1 aliphatic heterocycles. The lowest BCUT2D eigenvalue weighted by molar-refractivity contribution is 0.0702. The molecule has 2 heterocycles. The molecule has 1 fully saturated rings. The molecule has 0 aromatic carbocycles. The molecule has 1 aromatic rings. The van der Waals surface area contributed by atoms with Crippen molar-refractivity contribution < 1.29 is 5.11 Å². The van der Waals surface area contributed by atoms with Crippen LogP contribution in [0, 0.1) is 0 Å². The molecule has 1 unspecified atom stereocenters. The van der Waals surface area contributed by atoms with E-state index in [-0.39, 0.29) is 6.10 Å². The van der Waals surface area contributed by atoms with Gasteiger partial charge in [0.1, 0.15) is 0 Å². The van der Waals surface area contributed by atoms with Gasteiger partial charge in [-0.3, -0.25) is 4.68 Å². The van der Waals surface area contributed by atoms with Crippen molar-refractivity contribution in [2.75, 3.05) is 26.2 Å². The van der Waals surface area contributed by atoms with Crippen molar-refractivity contribution in [3.05, 3.63) is 18.0 Å². The van der Waals surface area contributed by atoms with Gasteiger partial charge < -0.3 is 15.3 Å². The minimum Gasteiger partial charge on any atom is -0.392 e. The summed E-state index contributed by atoms with van der Waals surface area (Å²) in [4.78, 5) is 2.36. The van der Waals surface area contributed by atoms with Crippen LogP contribution in [0.1, 0.15) is 31.9 Å². The molecular weight excluding hydrogens is 240 g/mol. The molecule has 0 amide bonds. The molecule has 2 N–H and O–H groups in total. The van der Waals surface area contributed by atoms with Crippen molar-refractivity contribution in [1.29, 1.82) is 0 Å². The van der Waals surface area contributed by atoms with Crippen molar-refractivity contribution in [2.24, 2.45) is 0 Å². The monoisotopic (exact) mass is 266 g/mol. The maximum Gasteiger partial charge on any atom is 0.0762 e. The van der Waals surface area contributed by atoms with Gasteiger partial charge in [0.05, 0.1) is 11.8 Å². The molecular formula is C14H26N4O. The van der Waals surface area contributed by atoms with Gasteiger partial charge in [-0.2, -0.15) is 5.10 Å². The molecule has 0 aliphatic carbocycles. The molecule has 5 heteroatoms. The smallest absolute Gasteiger partial charge is 0.0762 e. The van der Waals surface area contributed by atoms with E-state index in [1.54, 1.807) is 0 Å². The summed E-state index contributed by atoms with van der Waals surface area (Å²) in [6, 6.07) is 2.07. The van der Waals surface area contributed by atoms with Crippen molar-refractivity contribution in [1.82, 2.24) is 20.0 Å². The number of hydrogen-bond donors (Lipinski definition) is 2. The summed E-state index contributed by atoms with van der Waals surface area (Å²) in [5, 5.41) is 17.5. The number of hydrogen-bond acceptors (Lipinski definition) is 4. The minimum atomic E-state index is -0.111. The Labute approximate surface area is 115 Å². The fourth-order valence-electron chi connectivity index (χ4n) is 2.55. The largest absolute Gasteiger partial charge is 0.392 e. The Hall–Kier alpha value is -0.910. The van der Waals surface area contributed by atoms with Gasteiger partial charge in [0.25, 0.3) is 0 Å². The molecule has 2 rings (SSSR count). The topological polar surface area (TPSA) is 53.3 Å². The summed E-state index contributed by atoms with van der Waals surface area (Å²) in [5.74, 6) is 0. The predicted octanol–water partition coefficient (Wildman–Crippen LogP) is 0.839. The maximum absolute atomic E-state index is 9.59. The first-order valence-corrected chi connectivity index (χ1v) is 7.41. The molecule has 1 atom stereocenters. The van der Waals surface area contributed by atoms with Crippen molar-refractivity contribution in [2.45, 2.75) is 45.4 Å². The normalized spacial score (nSPS) is 20.8. The number of aromatic nitrogens is 2. The number of nitrogens with one attached hydrogen (secondary N) is 1. The molecule has 0 radical (unpaired) electrons. The molecule has 5 nitrogen and oxygen atoms in total. The second-order valence-corrected chi connectivity index (χ2v) is 5.29. The Bertz CT molecular complexity index is 366. The number of aliphatic hydroxyl groups is 1. The van der Waals surface area contributed by atoms with Crippen LogP contribution in [0.15, 0.2) is 12.3 Å². The number of rotatable bonds is 7. The molecule has 1 aliphatic rings. The summed E-state index contributed by atoms with van der Waals surface area (Å²) in [5.41, 5.74) is 1.11. The molecule has 0 bridgehead atoms. The molecule has 0 spiro atoms. The standard InChI is InChI=1S/C14H26N4O/c1-2-18-10-6-13(16-18)11-15-7-4-9-17-8-3-5-14(19)12-17/h6,10,14-15,19H,2-5,7-9,11-12H2,1H3. The zero-order valence-electron chi connectivity index (χ0n) is 11.9. The molecule has 108 valence electrons. The number of piperidine rings is 1. The lowest BCUT2D eigenvalue weighted by Crippen LogP contribution is -2.39. The van der Waals surface area contributed by atoms with E-state index in [1.165, 1.54) is 0 Å². The van der Waals surface area contributed by atoms with Gasteiger partial charge in [0.15, 0.2) is 0 Å². The molecule has 19 heavy (non-hydrogen) atoms. The zero-order valence-corrected chi connectivity index (χ0v) is 11.9. The van der Waals surface area contributed by atoms with Crippen LogP contribution in [-0.2, 0) is 13.1 Å². The summed E-state index contributed by atoms with van der Waals surface area (Å²) in [7, 11) is 0. The molecule has 1 aromatic heterocycles. The van der Waals surface area contributed by atoms with E-state index in [2.05, 4.69) is 28.3 Å². The van der Waals surface area contributed by atoms with Gasteiger partial charge in [-0.1, -0.05) is 0 Å². The Balaban J connectivity index is 1.54. The SMILES string of the molecule is CCn1ccc(CNCCCN2CCCC(O)C2)n1. The van der Waals surface area contributed by atoms with Crippen LogP contribution in [0.2, 0.25) is 0 Å². The average molecular weight is 266 g/mol. The molecule has 0 saturated carbocycles. The molecule has 1 saturated heterocycles. The maximum atomic E-state index is 9.59. The van der Waals surface area contributed by atoms with E-state index in [0.717, 1.165) is 64.2 Å². The van der Waals surface area contributed by atoms with Gasteiger partial charge in [-0.15, -0.1) is 0 Å². The van der Waals surface area contributed by atoms with Crippen LogP contribution in [0.4, 0.5) is 0 Å². The van der Waals surface area contributed by atoms with E-state index < -0.39 is 0 Å². The third-order valence-electron chi connectivity index (χ3n) is 3.63. The first kappa shape index (κ1) is 14.5. The summed E-state index contributed by atoms with van der Waals surface area (Å²) in [6.07, 6.45) is 5.13. The highest BCUT2D eigenvalue weighted by molar-refractivity contribution is 4.98. The van der Waals surface area contributed by atoms with E-state index in [4.69, 9.17) is 0 Å². The summed E-state index contributed by atoms with van der Waals surface area (Å²) < 4.78 is 1.95. The fourth-order valence-corrected chi connectivity index (χ4v) is 2.55. The minimum absolute atomic E-state index is 0.111. The number of likely N-dealkylation sites (tertiary alicyclic amines) is 1. The zero-order chi connectivity index (χ0) is 13.5. The average Bonchev–Trinajstić information content (AvgIpc) is 2.86. The number of aryl methyl sites for hydroxylation is 1. The second kappa shape index (κ2) is 7.62. The second-order valence-electron chi connectivity index (χ2n) is 5.29. The van der Waals surface area contributed by atoms with E-state index in [9.17, 15) is 5.11 Å². The van der Waals surface area contributed by atoms with Gasteiger partial charge >= 0.3 is 0 Å². The Morgan fingerprint density at radius 2 is 2.42 bits per heavy atom. The van der Waals surface area contributed by atoms with Crippen LogP contribution in [0.3, 0.4) is 0 Å². The van der Waals surface area contributed by atoms with Gasteiger partial charge in [0, 0.05) is 25.8 Å². The lowest BCUT2D eigenvalue weighted by Gasteiger charge is -2.29. The van der Waals surface area contributed by atoms with Gasteiger partial charge in [-0.05, 0) is 51.9 Å². The van der Waals surface area contributed by atoms with Crippen molar-refractivity contribution >= 4 is 0 Å². The van der Waals surface area contributed by atoms with E-state index in [1.807, 2.05) is 10.9 Å². The highest BCUT2D eigenvalue weighted by atomic mass is 16.3. The lowest BCUT2D eigenvalue weighted by atomic mass is 10.1. The highest BCUT2D eigenvalue weighted by Gasteiger charge is 2.16.